The smallest absolute Gasteiger partial charge is 0.407 e. The molecule has 1 spiro atoms. The second-order valence-corrected chi connectivity index (χ2v) is 12.8. The number of rotatable bonds is 5. The average molecular weight is 540 g/mol. The van der Waals surface area contributed by atoms with E-state index >= 15 is 0 Å². The summed E-state index contributed by atoms with van der Waals surface area (Å²) in [5.41, 5.74) is 7.08. The second kappa shape index (κ2) is 10.5. The highest BCUT2D eigenvalue weighted by Gasteiger charge is 2.47. The molecule has 1 aromatic heterocycles. The van der Waals surface area contributed by atoms with Crippen molar-refractivity contribution in [1.29, 1.82) is 0 Å². The quantitative estimate of drug-likeness (QED) is 0.414. The zero-order valence-electron chi connectivity index (χ0n) is 24.2. The third-order valence-corrected chi connectivity index (χ3v) is 8.80. The molecule has 0 unspecified atom stereocenters. The topological polar surface area (TPSA) is 70.6 Å². The highest BCUT2D eigenvalue weighted by molar-refractivity contribution is 5.75. The normalized spacial score (nSPS) is 19.9. The summed E-state index contributed by atoms with van der Waals surface area (Å²) in [6.45, 7) is 12.4. The van der Waals surface area contributed by atoms with E-state index < -0.39 is 5.60 Å². The van der Waals surface area contributed by atoms with Gasteiger partial charge >= 0.3 is 6.09 Å². The van der Waals surface area contributed by atoms with Crippen LogP contribution in [0.5, 0.6) is 0 Å². The molecule has 0 saturated carbocycles. The largest absolute Gasteiger partial charge is 0.444 e. The first kappa shape index (κ1) is 26.8. The van der Waals surface area contributed by atoms with Crippen LogP contribution in [0.2, 0.25) is 0 Å². The van der Waals surface area contributed by atoms with E-state index in [-0.39, 0.29) is 11.5 Å². The van der Waals surface area contributed by atoms with Gasteiger partial charge in [0.15, 0.2) is 0 Å². The number of amides is 1. The fourth-order valence-corrected chi connectivity index (χ4v) is 6.94. The van der Waals surface area contributed by atoms with Crippen molar-refractivity contribution in [2.75, 3.05) is 24.5 Å². The van der Waals surface area contributed by atoms with Crippen molar-refractivity contribution >= 4 is 17.6 Å². The molecule has 1 amide bonds. The average Bonchev–Trinajstić information content (AvgIpc) is 3.47. The van der Waals surface area contributed by atoms with E-state index in [1.807, 2.05) is 20.8 Å². The minimum Gasteiger partial charge on any atom is -0.444 e. The molecule has 1 aliphatic carbocycles. The van der Waals surface area contributed by atoms with Crippen LogP contribution in [0.3, 0.4) is 0 Å². The number of nitrogens with zero attached hydrogens (tertiary/aromatic N) is 4. The minimum absolute atomic E-state index is 0.00555. The summed E-state index contributed by atoms with van der Waals surface area (Å²) in [7, 11) is 0. The molecule has 2 aromatic carbocycles. The summed E-state index contributed by atoms with van der Waals surface area (Å²) in [6, 6.07) is 17.3. The van der Waals surface area contributed by atoms with Gasteiger partial charge < -0.3 is 15.0 Å². The number of benzene rings is 2. The molecule has 40 heavy (non-hydrogen) atoms. The van der Waals surface area contributed by atoms with Gasteiger partial charge in [-0.1, -0.05) is 49.4 Å². The van der Waals surface area contributed by atoms with Crippen LogP contribution < -0.4 is 10.2 Å². The van der Waals surface area contributed by atoms with Gasteiger partial charge in [-0.15, -0.1) is 0 Å². The van der Waals surface area contributed by atoms with Gasteiger partial charge in [0.1, 0.15) is 17.7 Å². The van der Waals surface area contributed by atoms with E-state index in [2.05, 4.69) is 75.6 Å². The summed E-state index contributed by atoms with van der Waals surface area (Å²) < 4.78 is 5.56. The van der Waals surface area contributed by atoms with Gasteiger partial charge in [-0.25, -0.2) is 14.8 Å². The minimum atomic E-state index is -0.531. The third-order valence-electron chi connectivity index (χ3n) is 8.80. The van der Waals surface area contributed by atoms with E-state index in [0.29, 0.717) is 12.5 Å². The predicted octanol–water partition coefficient (Wildman–Crippen LogP) is 6.24. The second-order valence-electron chi connectivity index (χ2n) is 12.8. The summed E-state index contributed by atoms with van der Waals surface area (Å²) >= 11 is 0. The summed E-state index contributed by atoms with van der Waals surface area (Å²) in [6.07, 6.45) is 5.64. The van der Waals surface area contributed by atoms with E-state index in [1.165, 1.54) is 33.6 Å². The number of ether oxygens (including phenoxy) is 1. The maximum atomic E-state index is 12.6. The third kappa shape index (κ3) is 5.19. The molecule has 1 fully saturated rings. The Balaban J connectivity index is 1.33. The molecule has 0 radical (unpaired) electrons. The van der Waals surface area contributed by atoms with Gasteiger partial charge in [0, 0.05) is 42.0 Å². The molecule has 6 rings (SSSR count). The monoisotopic (exact) mass is 539 g/mol. The van der Waals surface area contributed by atoms with Gasteiger partial charge in [-0.3, -0.25) is 4.90 Å². The predicted molar refractivity (Wildman–Crippen MR) is 158 cm³/mol. The van der Waals surface area contributed by atoms with Gasteiger partial charge in [0.2, 0.25) is 0 Å². The number of fused-ring (bicyclic) bond motifs is 3. The number of anilines is 2. The number of likely N-dealkylation sites (tertiary alicyclic amines) is 1. The Morgan fingerprint density at radius 2 is 1.85 bits per heavy atom. The van der Waals surface area contributed by atoms with E-state index in [1.54, 1.807) is 6.33 Å². The van der Waals surface area contributed by atoms with Crippen molar-refractivity contribution in [3.8, 4) is 0 Å². The van der Waals surface area contributed by atoms with Crippen LogP contribution in [-0.4, -0.2) is 46.2 Å². The van der Waals surface area contributed by atoms with Crippen LogP contribution >= 0.6 is 0 Å². The molecule has 3 aliphatic rings. The fourth-order valence-electron chi connectivity index (χ4n) is 6.94. The Labute approximate surface area is 238 Å². The van der Waals surface area contributed by atoms with Crippen molar-refractivity contribution in [1.82, 2.24) is 20.2 Å². The molecule has 1 N–H and O–H groups in total. The Bertz CT molecular complexity index is 1380. The molecule has 210 valence electrons. The number of alkyl carbamates (subject to hydrolysis) is 1. The van der Waals surface area contributed by atoms with Crippen molar-refractivity contribution in [2.45, 2.75) is 83.4 Å². The zero-order chi connectivity index (χ0) is 27.9. The molecule has 0 bridgehead atoms. The number of carbonyl (C=O) groups excluding carboxylic acids is 1. The molecule has 3 heterocycles. The van der Waals surface area contributed by atoms with Crippen LogP contribution in [0.25, 0.3) is 0 Å². The summed E-state index contributed by atoms with van der Waals surface area (Å²) in [5, 5.41) is 3.04. The first-order valence-electron chi connectivity index (χ1n) is 14.7. The van der Waals surface area contributed by atoms with Crippen molar-refractivity contribution in [2.24, 2.45) is 0 Å². The number of piperidine rings is 1. The van der Waals surface area contributed by atoms with E-state index in [9.17, 15) is 4.79 Å². The first-order chi connectivity index (χ1) is 19.2. The van der Waals surface area contributed by atoms with E-state index in [0.717, 1.165) is 57.7 Å². The fraction of sp³-hybridized carbons (Fsp3) is 0.485. The Morgan fingerprint density at radius 3 is 2.60 bits per heavy atom. The molecular weight excluding hydrogens is 498 g/mol. The van der Waals surface area contributed by atoms with Crippen molar-refractivity contribution < 1.29 is 9.53 Å². The molecular formula is C33H41N5O2. The van der Waals surface area contributed by atoms with Gasteiger partial charge in [-0.05, 0) is 88.2 Å². The summed E-state index contributed by atoms with van der Waals surface area (Å²) in [4.78, 5) is 27.2. The standard InChI is InChI=1S/C33H41N5O2/c1-23-13-14-26-28(23)30(36-22-35-26)38-21-33(15-17-37(18-16-33)20-24-9-6-5-7-10-24)29-25(11-8-12-27(29)38)19-34-31(39)40-32(2,3)4/h5-12,22-23H,13-21H2,1-4H3,(H,34,39)/t23-/m1/s1. The van der Waals surface area contributed by atoms with Crippen molar-refractivity contribution in [3.63, 3.8) is 0 Å². The summed E-state index contributed by atoms with van der Waals surface area (Å²) in [5.74, 6) is 1.52. The Kier molecular flexibility index (Phi) is 7.03. The number of nitrogens with one attached hydrogen (secondary N) is 1. The first-order valence-corrected chi connectivity index (χ1v) is 14.7. The lowest BCUT2D eigenvalue weighted by Crippen LogP contribution is -2.45. The van der Waals surface area contributed by atoms with Crippen LogP contribution in [0.15, 0.2) is 54.9 Å². The molecule has 1 atom stereocenters. The Morgan fingerprint density at radius 1 is 1.07 bits per heavy atom. The Hall–Kier alpha value is -3.45. The van der Waals surface area contributed by atoms with E-state index in [4.69, 9.17) is 9.72 Å². The number of aromatic nitrogens is 2. The van der Waals surface area contributed by atoms with Crippen LogP contribution in [0.4, 0.5) is 16.3 Å². The maximum absolute atomic E-state index is 12.6. The maximum Gasteiger partial charge on any atom is 0.407 e. The number of hydrogen-bond donors (Lipinski definition) is 1. The molecule has 3 aromatic rings. The number of carbonyl (C=O) groups is 1. The van der Waals surface area contributed by atoms with Crippen molar-refractivity contribution in [3.05, 3.63) is 82.8 Å². The SMILES string of the molecule is C[C@@H]1CCc2ncnc(N3CC4(CCN(Cc5ccccc5)CC4)c4c(CNC(=O)OC(C)(C)C)cccc43)c21. The van der Waals surface area contributed by atoms with Gasteiger partial charge in [0.05, 0.1) is 0 Å². The highest BCUT2D eigenvalue weighted by Crippen LogP contribution is 2.52. The molecule has 7 nitrogen and oxygen atoms in total. The van der Waals surface area contributed by atoms with Crippen LogP contribution in [0, 0.1) is 0 Å². The van der Waals surface area contributed by atoms with Crippen LogP contribution in [-0.2, 0) is 29.7 Å². The zero-order valence-corrected chi connectivity index (χ0v) is 24.2. The lowest BCUT2D eigenvalue weighted by atomic mass is 9.72. The number of aryl methyl sites for hydroxylation is 1. The number of hydrogen-bond acceptors (Lipinski definition) is 6. The van der Waals surface area contributed by atoms with Gasteiger partial charge in [0.25, 0.3) is 0 Å². The van der Waals surface area contributed by atoms with Gasteiger partial charge in [-0.2, -0.15) is 0 Å². The lowest BCUT2D eigenvalue weighted by Gasteiger charge is -2.40. The lowest BCUT2D eigenvalue weighted by molar-refractivity contribution is 0.0523. The highest BCUT2D eigenvalue weighted by atomic mass is 16.6. The van der Waals surface area contributed by atoms with Crippen LogP contribution in [0.1, 0.15) is 80.8 Å². The molecule has 7 heteroatoms. The molecule has 2 aliphatic heterocycles. The molecule has 1 saturated heterocycles.